The number of benzene rings is 6. The predicted molar refractivity (Wildman–Crippen MR) is 311 cm³/mol. The van der Waals surface area contributed by atoms with Gasteiger partial charge in [0.05, 0.1) is 19.4 Å². The number of fused-ring (bicyclic) bond motifs is 8. The van der Waals surface area contributed by atoms with E-state index >= 15 is 0 Å². The van der Waals surface area contributed by atoms with Gasteiger partial charge in [-0.1, -0.05) is 176 Å². The second kappa shape index (κ2) is 15.4. The molecule has 0 unspecified atom stereocenters. The molecule has 7 aromatic rings. The van der Waals surface area contributed by atoms with Gasteiger partial charge in [-0.2, -0.15) is 0 Å². The van der Waals surface area contributed by atoms with Gasteiger partial charge < -0.3 is 14.2 Å². The zero-order chi connectivity index (χ0) is 50.9. The third-order valence-corrected chi connectivity index (χ3v) is 20.1. The average molecular weight is 955 g/mol. The number of nitrogens with zero attached hydrogens (tertiary/aromatic N) is 2. The standard InChI is InChI=1S/C66H79BN2OSi/c1-40-33-44(62(5,6)7)23-28-53(40)69-54-38-50-49(64(10,11)30-31-65(50,12)13)37-52(54)67-58-55(34-42(35-56(58)69)41-19-26-46(27-20-41)71(16,17)18)68(45-24-21-43(22-25-45)61(2,3)4)59-47-36-48-51(39-57(47)70-60(59)67)66(14,15)32-29-63(48,8)9/h19-28,33-39H,29-32H2,1-18H3. The maximum Gasteiger partial charge on any atom is 0.297 e. The van der Waals surface area contributed by atoms with Gasteiger partial charge >= 0.3 is 0 Å². The van der Waals surface area contributed by atoms with Crippen LogP contribution in [0.5, 0.6) is 0 Å². The number of rotatable bonds is 4. The number of anilines is 6. The van der Waals surface area contributed by atoms with E-state index in [1.54, 1.807) is 0 Å². The molecule has 0 N–H and O–H groups in total. The zero-order valence-electron chi connectivity index (χ0n) is 46.5. The summed E-state index contributed by atoms with van der Waals surface area (Å²) in [6.07, 6.45) is 4.62. The van der Waals surface area contributed by atoms with Gasteiger partial charge in [0.25, 0.3) is 6.71 Å². The van der Waals surface area contributed by atoms with E-state index in [1.165, 1.54) is 100 Å². The molecule has 366 valence electrons. The van der Waals surface area contributed by atoms with Crippen LogP contribution in [0.1, 0.15) is 162 Å². The molecule has 5 heteroatoms. The molecule has 11 rings (SSSR count). The maximum atomic E-state index is 7.71. The molecule has 0 atom stereocenters. The third-order valence-electron chi connectivity index (χ3n) is 18.0. The van der Waals surface area contributed by atoms with Crippen molar-refractivity contribution in [2.45, 2.75) is 182 Å². The fraction of sp³-hybridized carbons (Fsp3) is 0.424. The minimum Gasteiger partial charge on any atom is -0.468 e. The van der Waals surface area contributed by atoms with E-state index in [0.29, 0.717) is 0 Å². The topological polar surface area (TPSA) is 19.6 Å². The molecular formula is C66H79BN2OSi. The van der Waals surface area contributed by atoms with E-state index < -0.39 is 8.07 Å². The van der Waals surface area contributed by atoms with Gasteiger partial charge in [0.2, 0.25) is 0 Å². The number of hydrogen-bond acceptors (Lipinski definition) is 3. The first kappa shape index (κ1) is 48.0. The molecule has 0 saturated carbocycles. The molecular weight excluding hydrogens is 876 g/mol. The zero-order valence-corrected chi connectivity index (χ0v) is 47.5. The minimum atomic E-state index is -1.54. The van der Waals surface area contributed by atoms with Crippen LogP contribution in [-0.4, -0.2) is 14.8 Å². The molecule has 71 heavy (non-hydrogen) atoms. The molecule has 0 spiro atoms. The molecule has 4 aliphatic rings. The van der Waals surface area contributed by atoms with Gasteiger partial charge in [-0.15, -0.1) is 0 Å². The highest BCUT2D eigenvalue weighted by molar-refractivity contribution is 7.00. The minimum absolute atomic E-state index is 0.0176. The molecule has 0 fully saturated rings. The Kier molecular flexibility index (Phi) is 10.4. The Balaban J connectivity index is 1.31. The molecule has 2 aliphatic carbocycles. The van der Waals surface area contributed by atoms with Crippen LogP contribution in [0.4, 0.5) is 34.1 Å². The lowest BCUT2D eigenvalue weighted by molar-refractivity contribution is 0.332. The highest BCUT2D eigenvalue weighted by Crippen LogP contribution is 2.54. The third kappa shape index (κ3) is 7.55. The SMILES string of the molecule is Cc1cc(C(C)(C)C)ccc1N1c2cc3c(cc2B2c4oc5cc6c(cc5c4N(c4ccc(C(C)(C)C)cc4)c4cc(-c5ccc([Si](C)(C)C)cc5)cc1c42)C(C)(C)CCC6(C)C)C(C)(C)CCC3(C)C. The van der Waals surface area contributed by atoms with Crippen molar-refractivity contribution in [3.8, 4) is 11.1 Å². The largest absolute Gasteiger partial charge is 0.468 e. The number of aryl methyl sites for hydroxylation is 1. The Morgan fingerprint density at radius 2 is 1.01 bits per heavy atom. The fourth-order valence-corrected chi connectivity index (χ4v) is 14.1. The van der Waals surface area contributed by atoms with Gasteiger partial charge in [0, 0.05) is 33.8 Å². The second-order valence-electron chi connectivity index (χ2n) is 28.1. The summed E-state index contributed by atoms with van der Waals surface area (Å²) in [5.74, 6) is 0. The Bertz CT molecular complexity index is 3320. The summed E-state index contributed by atoms with van der Waals surface area (Å²) in [4.78, 5) is 5.28. The van der Waals surface area contributed by atoms with Crippen LogP contribution in [0.3, 0.4) is 0 Å². The lowest BCUT2D eigenvalue weighted by Crippen LogP contribution is -2.61. The molecule has 6 aromatic carbocycles. The van der Waals surface area contributed by atoms with Crippen molar-refractivity contribution >= 4 is 81.7 Å². The number of furan rings is 1. The first-order valence-electron chi connectivity index (χ1n) is 26.9. The van der Waals surface area contributed by atoms with Crippen molar-refractivity contribution in [2.75, 3.05) is 9.80 Å². The van der Waals surface area contributed by atoms with Crippen LogP contribution >= 0.6 is 0 Å². The van der Waals surface area contributed by atoms with Crippen LogP contribution in [0.15, 0.2) is 108 Å². The van der Waals surface area contributed by atoms with Crippen LogP contribution in [-0.2, 0) is 32.5 Å². The summed E-state index contributed by atoms with van der Waals surface area (Å²) in [7, 11) is -1.54. The highest BCUT2D eigenvalue weighted by Gasteiger charge is 2.50. The van der Waals surface area contributed by atoms with E-state index in [-0.39, 0.29) is 39.2 Å². The maximum absolute atomic E-state index is 7.71. The van der Waals surface area contributed by atoms with E-state index in [1.807, 2.05) is 0 Å². The summed E-state index contributed by atoms with van der Waals surface area (Å²) in [6.45, 7) is 43.2. The molecule has 0 radical (unpaired) electrons. The number of hydrogen-bond donors (Lipinski definition) is 0. The van der Waals surface area contributed by atoms with E-state index in [4.69, 9.17) is 4.42 Å². The predicted octanol–water partition coefficient (Wildman–Crippen LogP) is 16.3. The quantitative estimate of drug-likeness (QED) is 0.164. The van der Waals surface area contributed by atoms with Crippen molar-refractivity contribution in [1.29, 1.82) is 0 Å². The lowest BCUT2D eigenvalue weighted by atomic mass is 9.35. The first-order valence-corrected chi connectivity index (χ1v) is 30.4. The molecule has 2 aliphatic heterocycles. The average Bonchev–Trinajstić information content (AvgIpc) is 3.66. The summed E-state index contributed by atoms with van der Waals surface area (Å²) >= 11 is 0. The van der Waals surface area contributed by atoms with E-state index in [9.17, 15) is 0 Å². The van der Waals surface area contributed by atoms with Gasteiger partial charge in [0.15, 0.2) is 0 Å². The van der Waals surface area contributed by atoms with Crippen molar-refractivity contribution in [1.82, 2.24) is 0 Å². The summed E-state index contributed by atoms with van der Waals surface area (Å²) in [6, 6.07) is 41.7. The monoisotopic (exact) mass is 955 g/mol. The molecule has 0 amide bonds. The van der Waals surface area contributed by atoms with Crippen LogP contribution < -0.4 is 31.6 Å². The van der Waals surface area contributed by atoms with Crippen molar-refractivity contribution < 1.29 is 4.42 Å². The Morgan fingerprint density at radius 3 is 1.55 bits per heavy atom. The summed E-state index contributed by atoms with van der Waals surface area (Å²) < 4.78 is 7.71. The van der Waals surface area contributed by atoms with Gasteiger partial charge in [-0.05, 0) is 175 Å². The lowest BCUT2D eigenvalue weighted by Gasteiger charge is -2.47. The van der Waals surface area contributed by atoms with Crippen molar-refractivity contribution in [3.63, 3.8) is 0 Å². The second-order valence-corrected chi connectivity index (χ2v) is 33.2. The van der Waals surface area contributed by atoms with E-state index in [0.717, 1.165) is 42.6 Å². The van der Waals surface area contributed by atoms with Crippen LogP contribution in [0, 0.1) is 6.92 Å². The van der Waals surface area contributed by atoms with Crippen molar-refractivity contribution in [2.24, 2.45) is 0 Å². The van der Waals surface area contributed by atoms with Crippen LogP contribution in [0.2, 0.25) is 19.6 Å². The highest BCUT2D eigenvalue weighted by atomic mass is 28.3. The summed E-state index contributed by atoms with van der Waals surface area (Å²) in [5.41, 5.74) is 24.4. The Labute approximate surface area is 428 Å². The molecule has 0 saturated heterocycles. The molecule has 3 heterocycles. The Morgan fingerprint density at radius 1 is 0.507 bits per heavy atom. The van der Waals surface area contributed by atoms with Gasteiger partial charge in [-0.3, -0.25) is 0 Å². The smallest absolute Gasteiger partial charge is 0.297 e. The normalized spacial score (nSPS) is 18.4. The fourth-order valence-electron chi connectivity index (χ4n) is 12.9. The van der Waals surface area contributed by atoms with Gasteiger partial charge in [0.1, 0.15) is 5.58 Å². The van der Waals surface area contributed by atoms with Crippen molar-refractivity contribution in [3.05, 3.63) is 142 Å². The molecule has 0 bridgehead atoms. The van der Waals surface area contributed by atoms with Gasteiger partial charge in [-0.25, -0.2) is 0 Å². The molecule has 3 nitrogen and oxygen atoms in total. The van der Waals surface area contributed by atoms with Crippen LogP contribution in [0.25, 0.3) is 22.1 Å². The van der Waals surface area contributed by atoms with E-state index in [2.05, 4.69) is 236 Å². The summed E-state index contributed by atoms with van der Waals surface area (Å²) in [5, 5.41) is 2.68. The molecule has 1 aromatic heterocycles. The first-order chi connectivity index (χ1) is 33.0. The Hall–Kier alpha value is -5.26.